The number of anilines is 5. The third-order valence-electron chi connectivity index (χ3n) is 4.15. The molecule has 0 bridgehead atoms. The molecule has 2 aromatic heterocycles. The summed E-state index contributed by atoms with van der Waals surface area (Å²) in [4.78, 5) is 17.2. The fourth-order valence-electron chi connectivity index (χ4n) is 2.65. The molecule has 33 heavy (non-hydrogen) atoms. The highest BCUT2D eigenvalue weighted by atomic mass is 32.2. The molecule has 5 N–H and O–H groups in total. The summed E-state index contributed by atoms with van der Waals surface area (Å²) in [7, 11) is -3.78. The average Bonchev–Trinajstić information content (AvgIpc) is 2.80. The maximum Gasteiger partial charge on any atom is 0.250 e. The van der Waals surface area contributed by atoms with Crippen molar-refractivity contribution < 1.29 is 8.42 Å². The van der Waals surface area contributed by atoms with Crippen LogP contribution >= 0.6 is 0 Å². The molecule has 0 aliphatic heterocycles. The lowest BCUT2D eigenvalue weighted by atomic mass is 10.3. The van der Waals surface area contributed by atoms with Gasteiger partial charge in [-0.15, -0.1) is 0 Å². The fraction of sp³-hybridized carbons (Fsp3) is 0. The number of pyridine rings is 1. The van der Waals surface area contributed by atoms with Gasteiger partial charge in [0.25, 0.3) is 0 Å². The van der Waals surface area contributed by atoms with E-state index in [2.05, 4.69) is 41.1 Å². The van der Waals surface area contributed by atoms with Gasteiger partial charge in [0.15, 0.2) is 0 Å². The zero-order chi connectivity index (χ0) is 23.1. The molecule has 4 rings (SSSR count). The quantitative estimate of drug-likeness (QED) is 0.228. The van der Waals surface area contributed by atoms with Gasteiger partial charge in [-0.1, -0.05) is 24.3 Å². The van der Waals surface area contributed by atoms with Crippen LogP contribution in [-0.4, -0.2) is 34.6 Å². The number of benzene rings is 2. The third-order valence-corrected chi connectivity index (χ3v) is 5.08. The Morgan fingerprint density at radius 2 is 1.36 bits per heavy atom. The summed E-state index contributed by atoms with van der Waals surface area (Å²) >= 11 is 0. The van der Waals surface area contributed by atoms with Gasteiger partial charge in [-0.2, -0.15) is 20.1 Å². The Hall–Kier alpha value is -4.42. The van der Waals surface area contributed by atoms with Crippen molar-refractivity contribution in [3.63, 3.8) is 0 Å². The number of hydrazone groups is 1. The lowest BCUT2D eigenvalue weighted by molar-refractivity contribution is 0.598. The maximum absolute atomic E-state index is 11.5. The van der Waals surface area contributed by atoms with E-state index >= 15 is 0 Å². The number of sulfonamides is 1. The minimum atomic E-state index is -3.78. The molecule has 0 fully saturated rings. The first kappa shape index (κ1) is 21.8. The van der Waals surface area contributed by atoms with Gasteiger partial charge in [-0.25, -0.2) is 19.0 Å². The average molecular weight is 462 g/mol. The first-order chi connectivity index (χ1) is 16.0. The largest absolute Gasteiger partial charge is 0.324 e. The van der Waals surface area contributed by atoms with Gasteiger partial charge in [0.2, 0.25) is 27.9 Å². The molecule has 166 valence electrons. The van der Waals surface area contributed by atoms with Gasteiger partial charge < -0.3 is 10.6 Å². The highest BCUT2D eigenvalue weighted by molar-refractivity contribution is 7.89. The van der Waals surface area contributed by atoms with Crippen LogP contribution in [0.3, 0.4) is 0 Å². The van der Waals surface area contributed by atoms with Crippen molar-refractivity contribution in [1.82, 2.24) is 19.9 Å². The molecule has 2 aromatic carbocycles. The van der Waals surface area contributed by atoms with Crippen LogP contribution in [0.1, 0.15) is 5.69 Å². The highest BCUT2D eigenvalue weighted by Gasteiger charge is 2.10. The van der Waals surface area contributed by atoms with Gasteiger partial charge >= 0.3 is 0 Å². The number of para-hydroxylation sites is 1. The highest BCUT2D eigenvalue weighted by Crippen LogP contribution is 2.20. The van der Waals surface area contributed by atoms with E-state index in [4.69, 9.17) is 5.14 Å². The number of nitrogens with zero attached hydrogens (tertiary/aromatic N) is 5. The van der Waals surface area contributed by atoms with Crippen LogP contribution in [0, 0.1) is 0 Å². The summed E-state index contributed by atoms with van der Waals surface area (Å²) in [5.41, 5.74) is 4.77. The molecule has 0 atom stereocenters. The molecule has 11 nitrogen and oxygen atoms in total. The van der Waals surface area contributed by atoms with Crippen LogP contribution in [0.4, 0.5) is 29.2 Å². The smallest absolute Gasteiger partial charge is 0.250 e. The SMILES string of the molecule is NS(=O)(=O)c1ccc(Nc2nc(N/N=C/c3ccccn3)nc(Nc3ccccc3)n2)cc1. The predicted octanol–water partition coefficient (Wildman–Crippen LogP) is 2.85. The summed E-state index contributed by atoms with van der Waals surface area (Å²) in [6.07, 6.45) is 3.20. The monoisotopic (exact) mass is 461 g/mol. The van der Waals surface area contributed by atoms with Crippen molar-refractivity contribution in [3.05, 3.63) is 84.7 Å². The maximum atomic E-state index is 11.5. The normalized spacial score (nSPS) is 11.3. The van der Waals surface area contributed by atoms with Crippen LogP contribution in [0.15, 0.2) is 89.0 Å². The Labute approximate surface area is 189 Å². The molecular formula is C21H19N9O2S. The summed E-state index contributed by atoms with van der Waals surface area (Å²) in [6.45, 7) is 0. The topological polar surface area (TPSA) is 160 Å². The lowest BCUT2D eigenvalue weighted by Crippen LogP contribution is -2.12. The van der Waals surface area contributed by atoms with E-state index in [9.17, 15) is 8.42 Å². The molecule has 0 spiro atoms. The Balaban J connectivity index is 1.58. The van der Waals surface area contributed by atoms with Crippen LogP contribution in [-0.2, 0) is 10.0 Å². The van der Waals surface area contributed by atoms with E-state index in [1.165, 1.54) is 18.3 Å². The zero-order valence-electron chi connectivity index (χ0n) is 17.1. The first-order valence-corrected chi connectivity index (χ1v) is 11.2. The predicted molar refractivity (Wildman–Crippen MR) is 126 cm³/mol. The Morgan fingerprint density at radius 1 is 0.758 bits per heavy atom. The van der Waals surface area contributed by atoms with Crippen molar-refractivity contribution in [2.45, 2.75) is 4.90 Å². The second kappa shape index (κ2) is 9.80. The molecule has 0 amide bonds. The lowest BCUT2D eigenvalue weighted by Gasteiger charge is -2.10. The Morgan fingerprint density at radius 3 is 1.97 bits per heavy atom. The van der Waals surface area contributed by atoms with Gasteiger partial charge in [0.05, 0.1) is 16.8 Å². The first-order valence-electron chi connectivity index (χ1n) is 9.64. The van der Waals surface area contributed by atoms with Crippen molar-refractivity contribution >= 4 is 45.5 Å². The molecule has 4 aromatic rings. The van der Waals surface area contributed by atoms with E-state index in [0.29, 0.717) is 11.4 Å². The number of nitrogens with two attached hydrogens (primary N) is 1. The van der Waals surface area contributed by atoms with Crippen molar-refractivity contribution in [3.8, 4) is 0 Å². The molecule has 0 aliphatic rings. The molecule has 0 saturated carbocycles. The van der Waals surface area contributed by atoms with E-state index in [0.717, 1.165) is 5.69 Å². The Kier molecular flexibility index (Phi) is 6.48. The molecule has 12 heteroatoms. The van der Waals surface area contributed by atoms with Crippen molar-refractivity contribution in [2.24, 2.45) is 10.2 Å². The molecule has 0 aliphatic carbocycles. The van der Waals surface area contributed by atoms with Gasteiger partial charge in [0, 0.05) is 17.6 Å². The van der Waals surface area contributed by atoms with Gasteiger partial charge in [-0.05, 0) is 48.5 Å². The summed E-state index contributed by atoms with van der Waals surface area (Å²) in [6, 6.07) is 20.8. The number of hydrogen-bond acceptors (Lipinski definition) is 10. The second-order valence-corrected chi connectivity index (χ2v) is 8.18. The standard InChI is InChI=1S/C21H19N9O2S/c22-33(31,32)18-11-9-16(10-12-18)26-20-27-19(25-15-6-2-1-3-7-15)28-21(29-20)30-24-14-17-8-4-5-13-23-17/h1-14H,(H2,22,31,32)(H3,25,26,27,28,29,30)/b24-14+. The molecule has 2 heterocycles. The van der Waals surface area contributed by atoms with Gasteiger partial charge in [-0.3, -0.25) is 4.98 Å². The Bertz CT molecular complexity index is 1350. The minimum absolute atomic E-state index is 0.00124. The van der Waals surface area contributed by atoms with E-state index in [1.807, 2.05) is 42.5 Å². The van der Waals surface area contributed by atoms with E-state index < -0.39 is 10.0 Å². The van der Waals surface area contributed by atoms with E-state index in [1.54, 1.807) is 24.4 Å². The molecule has 0 radical (unpaired) electrons. The van der Waals surface area contributed by atoms with Crippen LogP contribution < -0.4 is 21.2 Å². The molecule has 0 unspecified atom stereocenters. The van der Waals surface area contributed by atoms with Crippen LogP contribution in [0.5, 0.6) is 0 Å². The molecular weight excluding hydrogens is 442 g/mol. The summed E-state index contributed by atoms with van der Waals surface area (Å²) < 4.78 is 22.9. The number of hydrogen-bond donors (Lipinski definition) is 4. The van der Waals surface area contributed by atoms with Crippen molar-refractivity contribution in [1.29, 1.82) is 0 Å². The minimum Gasteiger partial charge on any atom is -0.324 e. The number of primary sulfonamides is 1. The number of rotatable bonds is 8. The van der Waals surface area contributed by atoms with Crippen molar-refractivity contribution in [2.75, 3.05) is 16.1 Å². The zero-order valence-corrected chi connectivity index (χ0v) is 17.9. The number of nitrogens with one attached hydrogen (secondary N) is 3. The fourth-order valence-corrected chi connectivity index (χ4v) is 3.17. The van der Waals surface area contributed by atoms with Crippen LogP contribution in [0.25, 0.3) is 0 Å². The number of aromatic nitrogens is 4. The third kappa shape index (κ3) is 6.29. The van der Waals surface area contributed by atoms with E-state index in [-0.39, 0.29) is 22.7 Å². The second-order valence-electron chi connectivity index (χ2n) is 6.62. The molecule has 0 saturated heterocycles. The van der Waals surface area contributed by atoms with Crippen LogP contribution in [0.2, 0.25) is 0 Å². The summed E-state index contributed by atoms with van der Waals surface area (Å²) in [5, 5.41) is 15.4. The van der Waals surface area contributed by atoms with Gasteiger partial charge in [0.1, 0.15) is 0 Å². The summed E-state index contributed by atoms with van der Waals surface area (Å²) in [5.74, 6) is 0.664.